The number of rotatable bonds is 9. The van der Waals surface area contributed by atoms with Gasteiger partial charge in [-0.15, -0.1) is 0 Å². The number of methoxy groups -OCH3 is 1. The minimum Gasteiger partial charge on any atom is -0.483 e. The van der Waals surface area contributed by atoms with Crippen LogP contribution in [-0.4, -0.2) is 38.7 Å². The highest BCUT2D eigenvalue weighted by molar-refractivity contribution is 9.10. The summed E-state index contributed by atoms with van der Waals surface area (Å²) < 4.78 is 11.4. The highest BCUT2D eigenvalue weighted by Crippen LogP contribution is 2.18. The van der Waals surface area contributed by atoms with Crippen LogP contribution in [-0.2, 0) is 9.53 Å². The first kappa shape index (κ1) is 19.9. The van der Waals surface area contributed by atoms with E-state index in [1.807, 2.05) is 12.1 Å². The number of ether oxygens (including phenoxy) is 2. The van der Waals surface area contributed by atoms with Crippen LogP contribution in [0.15, 0.2) is 53.0 Å². The molecule has 7 heteroatoms. The average Bonchev–Trinajstić information content (AvgIpc) is 2.65. The van der Waals surface area contributed by atoms with E-state index in [-0.39, 0.29) is 18.4 Å². The molecule has 0 atom stereocenters. The van der Waals surface area contributed by atoms with E-state index < -0.39 is 0 Å². The zero-order valence-corrected chi connectivity index (χ0v) is 16.0. The van der Waals surface area contributed by atoms with E-state index >= 15 is 0 Å². The number of halogens is 1. The molecule has 0 bridgehead atoms. The first-order valence-electron chi connectivity index (χ1n) is 8.14. The van der Waals surface area contributed by atoms with Crippen LogP contribution in [0.25, 0.3) is 0 Å². The van der Waals surface area contributed by atoms with E-state index in [2.05, 4.69) is 26.6 Å². The van der Waals surface area contributed by atoms with Crippen LogP contribution < -0.4 is 15.4 Å². The molecule has 2 amide bonds. The number of carbonyl (C=O) groups is 2. The van der Waals surface area contributed by atoms with Crippen LogP contribution in [0.1, 0.15) is 16.8 Å². The van der Waals surface area contributed by atoms with E-state index in [1.54, 1.807) is 43.5 Å². The predicted octanol–water partition coefficient (Wildman–Crippen LogP) is 3.23. The lowest BCUT2D eigenvalue weighted by Crippen LogP contribution is -2.26. The summed E-state index contributed by atoms with van der Waals surface area (Å²) in [6.07, 6.45) is 0.723. The number of amides is 2. The van der Waals surface area contributed by atoms with Crippen molar-refractivity contribution in [2.75, 3.05) is 32.2 Å². The molecular formula is C19H21BrN2O4. The topological polar surface area (TPSA) is 76.7 Å². The lowest BCUT2D eigenvalue weighted by atomic mass is 10.2. The third-order valence-electron chi connectivity index (χ3n) is 3.43. The second-order valence-electron chi connectivity index (χ2n) is 5.44. The predicted molar refractivity (Wildman–Crippen MR) is 104 cm³/mol. The molecule has 0 aromatic heterocycles. The number of carbonyl (C=O) groups excluding carboxylic acids is 2. The van der Waals surface area contributed by atoms with E-state index in [1.165, 1.54) is 0 Å². The number of para-hydroxylation sites is 1. The van der Waals surface area contributed by atoms with Gasteiger partial charge in [-0.25, -0.2) is 0 Å². The van der Waals surface area contributed by atoms with Crippen LogP contribution in [0.5, 0.6) is 5.75 Å². The highest BCUT2D eigenvalue weighted by atomic mass is 79.9. The monoisotopic (exact) mass is 420 g/mol. The van der Waals surface area contributed by atoms with Gasteiger partial charge in [-0.2, -0.15) is 0 Å². The van der Waals surface area contributed by atoms with Crippen molar-refractivity contribution < 1.29 is 19.1 Å². The molecule has 6 nitrogen and oxygen atoms in total. The molecule has 2 N–H and O–H groups in total. The van der Waals surface area contributed by atoms with Gasteiger partial charge in [0, 0.05) is 30.4 Å². The molecule has 0 aliphatic rings. The van der Waals surface area contributed by atoms with Crippen LogP contribution in [0.2, 0.25) is 0 Å². The Morgan fingerprint density at radius 2 is 1.81 bits per heavy atom. The lowest BCUT2D eigenvalue weighted by molar-refractivity contribution is -0.118. The summed E-state index contributed by atoms with van der Waals surface area (Å²) in [6, 6.07) is 14.1. The molecule has 0 aliphatic heterocycles. The maximum atomic E-state index is 12.3. The Labute approximate surface area is 161 Å². The maximum Gasteiger partial charge on any atom is 0.262 e. The number of hydrogen-bond acceptors (Lipinski definition) is 4. The van der Waals surface area contributed by atoms with Crippen molar-refractivity contribution in [3.8, 4) is 5.75 Å². The quantitative estimate of drug-likeness (QED) is 0.610. The van der Waals surface area contributed by atoms with Gasteiger partial charge in [0.2, 0.25) is 0 Å². The van der Waals surface area contributed by atoms with Crippen LogP contribution >= 0.6 is 15.9 Å². The van der Waals surface area contributed by atoms with Crippen LogP contribution in [0.4, 0.5) is 5.69 Å². The van der Waals surface area contributed by atoms with E-state index in [9.17, 15) is 9.59 Å². The first-order valence-corrected chi connectivity index (χ1v) is 8.94. The summed E-state index contributed by atoms with van der Waals surface area (Å²) in [5.74, 6) is -0.185. The molecule has 0 fully saturated rings. The fourth-order valence-electron chi connectivity index (χ4n) is 2.17. The van der Waals surface area contributed by atoms with E-state index in [0.717, 1.165) is 10.9 Å². The molecule has 0 radical (unpaired) electrons. The van der Waals surface area contributed by atoms with Gasteiger partial charge in [-0.1, -0.05) is 28.1 Å². The smallest absolute Gasteiger partial charge is 0.262 e. The zero-order valence-electron chi connectivity index (χ0n) is 14.5. The third kappa shape index (κ3) is 6.50. The summed E-state index contributed by atoms with van der Waals surface area (Å²) in [6.45, 7) is 0.893. The van der Waals surface area contributed by atoms with Gasteiger partial charge >= 0.3 is 0 Å². The normalized spacial score (nSPS) is 10.2. The summed E-state index contributed by atoms with van der Waals surface area (Å²) >= 11 is 3.34. The van der Waals surface area contributed by atoms with Gasteiger partial charge in [0.05, 0.1) is 5.56 Å². The van der Waals surface area contributed by atoms with Crippen molar-refractivity contribution in [2.24, 2.45) is 0 Å². The molecule has 0 saturated heterocycles. The molecular weight excluding hydrogens is 400 g/mol. The summed E-state index contributed by atoms with van der Waals surface area (Å²) in [5, 5.41) is 5.54. The summed E-state index contributed by atoms with van der Waals surface area (Å²) in [7, 11) is 1.62. The number of benzene rings is 2. The molecule has 0 aliphatic carbocycles. The molecule has 0 heterocycles. The van der Waals surface area contributed by atoms with Crippen molar-refractivity contribution in [3.05, 3.63) is 58.6 Å². The van der Waals surface area contributed by atoms with E-state index in [4.69, 9.17) is 9.47 Å². The molecule has 0 saturated carbocycles. The van der Waals surface area contributed by atoms with Gasteiger partial charge in [0.25, 0.3) is 11.8 Å². The zero-order chi connectivity index (χ0) is 18.8. The summed E-state index contributed by atoms with van der Waals surface area (Å²) in [5.41, 5.74) is 1.06. The first-order chi connectivity index (χ1) is 12.6. The van der Waals surface area contributed by atoms with Crippen molar-refractivity contribution in [3.63, 3.8) is 0 Å². The van der Waals surface area contributed by atoms with Crippen molar-refractivity contribution in [1.29, 1.82) is 0 Å². The maximum absolute atomic E-state index is 12.3. The Bertz CT molecular complexity index is 735. The van der Waals surface area contributed by atoms with Crippen LogP contribution in [0, 0.1) is 0 Å². The van der Waals surface area contributed by atoms with Gasteiger partial charge in [0.1, 0.15) is 5.75 Å². The molecule has 26 heavy (non-hydrogen) atoms. The van der Waals surface area contributed by atoms with Gasteiger partial charge < -0.3 is 20.1 Å². The van der Waals surface area contributed by atoms with Crippen molar-refractivity contribution in [2.45, 2.75) is 6.42 Å². The second kappa shape index (κ2) is 10.6. The number of anilines is 1. The van der Waals surface area contributed by atoms with Crippen molar-refractivity contribution in [1.82, 2.24) is 5.32 Å². The Balaban J connectivity index is 1.89. The SMILES string of the molecule is COCCCNC(=O)c1ccccc1OCC(=O)Nc1ccc(Br)cc1. The largest absolute Gasteiger partial charge is 0.483 e. The van der Waals surface area contributed by atoms with Crippen LogP contribution in [0.3, 0.4) is 0 Å². The molecule has 2 rings (SSSR count). The molecule has 0 spiro atoms. The standard InChI is InChI=1S/C19H21BrN2O4/c1-25-12-4-11-21-19(24)16-5-2-3-6-17(16)26-13-18(23)22-15-9-7-14(20)8-10-15/h2-3,5-10H,4,11-13H2,1H3,(H,21,24)(H,22,23). The highest BCUT2D eigenvalue weighted by Gasteiger charge is 2.13. The van der Waals surface area contributed by atoms with Crippen molar-refractivity contribution >= 4 is 33.4 Å². The Hall–Kier alpha value is -2.38. The van der Waals surface area contributed by atoms with Gasteiger partial charge in [-0.3, -0.25) is 9.59 Å². The molecule has 138 valence electrons. The molecule has 0 unspecified atom stereocenters. The van der Waals surface area contributed by atoms with Gasteiger partial charge in [0.15, 0.2) is 6.61 Å². The minimum atomic E-state index is -0.303. The number of hydrogen-bond donors (Lipinski definition) is 2. The molecule has 2 aromatic carbocycles. The Morgan fingerprint density at radius 1 is 1.08 bits per heavy atom. The van der Waals surface area contributed by atoms with Gasteiger partial charge in [-0.05, 0) is 42.8 Å². The Morgan fingerprint density at radius 3 is 2.54 bits per heavy atom. The fraction of sp³-hybridized carbons (Fsp3) is 0.263. The molecule has 2 aromatic rings. The fourth-order valence-corrected chi connectivity index (χ4v) is 2.43. The second-order valence-corrected chi connectivity index (χ2v) is 6.36. The minimum absolute atomic E-state index is 0.190. The lowest BCUT2D eigenvalue weighted by Gasteiger charge is -2.12. The average molecular weight is 421 g/mol. The summed E-state index contributed by atoms with van der Waals surface area (Å²) in [4.78, 5) is 24.3. The third-order valence-corrected chi connectivity index (χ3v) is 3.96. The Kier molecular flexibility index (Phi) is 8.11. The van der Waals surface area contributed by atoms with E-state index in [0.29, 0.717) is 30.2 Å². The number of nitrogens with one attached hydrogen (secondary N) is 2.